The van der Waals surface area contributed by atoms with Gasteiger partial charge in [0.15, 0.2) is 0 Å². The molecule has 1 N–H and O–H groups in total. The maximum Gasteiger partial charge on any atom is 0.0175 e. The number of fused-ring (bicyclic) bond motifs is 2. The quantitative estimate of drug-likeness (QED) is 0.789. The molecule has 3 rings (SSSR count). The summed E-state index contributed by atoms with van der Waals surface area (Å²) in [6, 6.07) is 0.764. The van der Waals surface area contributed by atoms with Gasteiger partial charge in [-0.05, 0) is 67.2 Å². The second-order valence-corrected chi connectivity index (χ2v) is 8.54. The third-order valence-electron chi connectivity index (χ3n) is 6.68. The van der Waals surface area contributed by atoms with Gasteiger partial charge in [-0.15, -0.1) is 0 Å². The van der Waals surface area contributed by atoms with Gasteiger partial charge in [-0.25, -0.2) is 0 Å². The maximum atomic E-state index is 4.01. The Balaban J connectivity index is 1.62. The maximum absolute atomic E-state index is 4.01. The Hall–Kier alpha value is -0.0400. The largest absolute Gasteiger partial charge is 0.313 e. The SMILES string of the molecule is CC1CCC(CNC2C3(C)CCC(C3)C2(C)C)C1. The standard InChI is InChI=1S/C17H31N/c1-12-5-6-13(9-12)11-18-15-16(2,3)14-7-8-17(15,4)10-14/h12-15,18H,5-11H2,1-4H3. The summed E-state index contributed by atoms with van der Waals surface area (Å²) in [5, 5.41) is 4.01. The van der Waals surface area contributed by atoms with Crippen molar-refractivity contribution in [2.45, 2.75) is 72.3 Å². The van der Waals surface area contributed by atoms with Gasteiger partial charge in [-0.2, -0.15) is 0 Å². The van der Waals surface area contributed by atoms with Crippen molar-refractivity contribution in [3.05, 3.63) is 0 Å². The van der Waals surface area contributed by atoms with E-state index in [-0.39, 0.29) is 0 Å². The summed E-state index contributed by atoms with van der Waals surface area (Å²) in [5.41, 5.74) is 1.12. The molecule has 3 aliphatic carbocycles. The second-order valence-electron chi connectivity index (χ2n) is 8.54. The van der Waals surface area contributed by atoms with Crippen molar-refractivity contribution in [3.8, 4) is 0 Å². The predicted molar refractivity (Wildman–Crippen MR) is 77.5 cm³/mol. The molecule has 3 fully saturated rings. The minimum Gasteiger partial charge on any atom is -0.313 e. The van der Waals surface area contributed by atoms with Crippen LogP contribution in [0.5, 0.6) is 0 Å². The van der Waals surface area contributed by atoms with Crippen LogP contribution in [0, 0.1) is 28.6 Å². The first-order valence-corrected chi connectivity index (χ1v) is 8.15. The van der Waals surface area contributed by atoms with Crippen molar-refractivity contribution in [1.29, 1.82) is 0 Å². The molecule has 0 radical (unpaired) electrons. The van der Waals surface area contributed by atoms with Crippen molar-refractivity contribution in [2.24, 2.45) is 28.6 Å². The number of nitrogens with one attached hydrogen (secondary N) is 1. The highest BCUT2D eigenvalue weighted by Gasteiger charge is 2.58. The third-order valence-corrected chi connectivity index (χ3v) is 6.68. The molecule has 0 spiro atoms. The van der Waals surface area contributed by atoms with Crippen LogP contribution >= 0.6 is 0 Å². The van der Waals surface area contributed by atoms with Gasteiger partial charge in [0.25, 0.3) is 0 Å². The van der Waals surface area contributed by atoms with E-state index in [9.17, 15) is 0 Å². The van der Waals surface area contributed by atoms with Crippen LogP contribution in [0.3, 0.4) is 0 Å². The van der Waals surface area contributed by atoms with Crippen LogP contribution in [-0.2, 0) is 0 Å². The first kappa shape index (κ1) is 13.0. The first-order chi connectivity index (χ1) is 8.42. The molecule has 1 nitrogen and oxygen atoms in total. The normalized spacial score (nSPS) is 50.0. The van der Waals surface area contributed by atoms with Crippen molar-refractivity contribution in [2.75, 3.05) is 6.54 Å². The first-order valence-electron chi connectivity index (χ1n) is 8.15. The Morgan fingerprint density at radius 1 is 1.11 bits per heavy atom. The fourth-order valence-corrected chi connectivity index (χ4v) is 5.61. The van der Waals surface area contributed by atoms with Gasteiger partial charge in [0.1, 0.15) is 0 Å². The van der Waals surface area contributed by atoms with Crippen molar-refractivity contribution < 1.29 is 0 Å². The van der Waals surface area contributed by atoms with Gasteiger partial charge < -0.3 is 5.32 Å². The fourth-order valence-electron chi connectivity index (χ4n) is 5.61. The van der Waals surface area contributed by atoms with Gasteiger partial charge in [0.2, 0.25) is 0 Å². The van der Waals surface area contributed by atoms with Gasteiger partial charge in [0.05, 0.1) is 0 Å². The Kier molecular flexibility index (Phi) is 3.05. The van der Waals surface area contributed by atoms with Gasteiger partial charge in [-0.3, -0.25) is 0 Å². The molecule has 0 aromatic carbocycles. The molecule has 3 saturated carbocycles. The Bertz CT molecular complexity index is 317. The lowest BCUT2D eigenvalue weighted by Crippen LogP contribution is -2.51. The molecule has 5 unspecified atom stereocenters. The number of hydrogen-bond donors (Lipinski definition) is 1. The van der Waals surface area contributed by atoms with Crippen LogP contribution in [0.2, 0.25) is 0 Å². The van der Waals surface area contributed by atoms with E-state index in [1.807, 2.05) is 0 Å². The highest BCUT2D eigenvalue weighted by atomic mass is 15.0. The lowest BCUT2D eigenvalue weighted by Gasteiger charge is -2.43. The topological polar surface area (TPSA) is 12.0 Å². The molecular weight excluding hydrogens is 218 g/mol. The average Bonchev–Trinajstić information content (AvgIpc) is 2.89. The highest BCUT2D eigenvalue weighted by Crippen LogP contribution is 2.62. The Labute approximate surface area is 113 Å². The molecule has 3 aliphatic rings. The Morgan fingerprint density at radius 3 is 2.44 bits per heavy atom. The summed E-state index contributed by atoms with van der Waals surface area (Å²) in [6.45, 7) is 11.3. The average molecular weight is 249 g/mol. The molecule has 5 atom stereocenters. The van der Waals surface area contributed by atoms with Gasteiger partial charge in [0, 0.05) is 6.04 Å². The summed E-state index contributed by atoms with van der Waals surface area (Å²) in [5.74, 6) is 2.90. The Morgan fingerprint density at radius 2 is 1.89 bits per heavy atom. The zero-order chi connectivity index (χ0) is 13.0. The molecular formula is C17H31N. The summed E-state index contributed by atoms with van der Waals surface area (Å²) < 4.78 is 0. The van der Waals surface area contributed by atoms with E-state index in [1.165, 1.54) is 45.1 Å². The molecule has 18 heavy (non-hydrogen) atoms. The molecule has 0 saturated heterocycles. The minimum absolute atomic E-state index is 0.525. The molecule has 2 bridgehead atoms. The molecule has 1 heteroatoms. The predicted octanol–water partition coefficient (Wildman–Crippen LogP) is 4.23. The summed E-state index contributed by atoms with van der Waals surface area (Å²) in [6.07, 6.45) is 8.78. The van der Waals surface area contributed by atoms with Crippen LogP contribution in [0.4, 0.5) is 0 Å². The van der Waals surface area contributed by atoms with Crippen LogP contribution in [0.1, 0.15) is 66.2 Å². The van der Waals surface area contributed by atoms with E-state index in [4.69, 9.17) is 0 Å². The van der Waals surface area contributed by atoms with Crippen LogP contribution < -0.4 is 5.32 Å². The van der Waals surface area contributed by atoms with E-state index >= 15 is 0 Å². The zero-order valence-corrected chi connectivity index (χ0v) is 12.8. The van der Waals surface area contributed by atoms with E-state index in [2.05, 4.69) is 33.0 Å². The van der Waals surface area contributed by atoms with Gasteiger partial charge in [-0.1, -0.05) is 34.1 Å². The molecule has 104 valence electrons. The lowest BCUT2D eigenvalue weighted by atomic mass is 9.68. The van der Waals surface area contributed by atoms with Crippen LogP contribution in [0.15, 0.2) is 0 Å². The number of rotatable bonds is 3. The smallest absolute Gasteiger partial charge is 0.0175 e. The molecule has 0 aromatic heterocycles. The minimum atomic E-state index is 0.525. The summed E-state index contributed by atoms with van der Waals surface area (Å²) >= 11 is 0. The monoisotopic (exact) mass is 249 g/mol. The van der Waals surface area contributed by atoms with E-state index < -0.39 is 0 Å². The highest BCUT2D eigenvalue weighted by molar-refractivity contribution is 5.12. The van der Waals surface area contributed by atoms with E-state index in [1.54, 1.807) is 0 Å². The number of hydrogen-bond acceptors (Lipinski definition) is 1. The van der Waals surface area contributed by atoms with Crippen molar-refractivity contribution >= 4 is 0 Å². The van der Waals surface area contributed by atoms with Crippen molar-refractivity contribution in [1.82, 2.24) is 5.32 Å². The van der Waals surface area contributed by atoms with Crippen LogP contribution in [0.25, 0.3) is 0 Å². The summed E-state index contributed by atoms with van der Waals surface area (Å²) in [4.78, 5) is 0. The fraction of sp³-hybridized carbons (Fsp3) is 1.00. The zero-order valence-electron chi connectivity index (χ0n) is 12.8. The molecule has 0 heterocycles. The lowest BCUT2D eigenvalue weighted by molar-refractivity contribution is 0.105. The van der Waals surface area contributed by atoms with Gasteiger partial charge >= 0.3 is 0 Å². The van der Waals surface area contributed by atoms with Crippen LogP contribution in [-0.4, -0.2) is 12.6 Å². The van der Waals surface area contributed by atoms with Crippen molar-refractivity contribution in [3.63, 3.8) is 0 Å². The second kappa shape index (κ2) is 4.23. The molecule has 0 amide bonds. The van der Waals surface area contributed by atoms with E-state index in [0.717, 1.165) is 23.8 Å². The molecule has 0 aromatic rings. The third kappa shape index (κ3) is 1.94. The van der Waals surface area contributed by atoms with E-state index in [0.29, 0.717) is 10.8 Å². The summed E-state index contributed by atoms with van der Waals surface area (Å²) in [7, 11) is 0. The molecule has 0 aliphatic heterocycles.